The van der Waals surface area contributed by atoms with Crippen molar-refractivity contribution in [1.82, 2.24) is 9.88 Å². The van der Waals surface area contributed by atoms with Gasteiger partial charge in [-0.2, -0.15) is 0 Å². The number of hydrogen-bond acceptors (Lipinski definition) is 1. The molecule has 20 heavy (non-hydrogen) atoms. The quantitative estimate of drug-likeness (QED) is 0.899. The van der Waals surface area contributed by atoms with Crippen LogP contribution in [0.25, 0.3) is 12.2 Å². The summed E-state index contributed by atoms with van der Waals surface area (Å²) in [6, 6.07) is 0.124. The van der Waals surface area contributed by atoms with E-state index in [1.807, 2.05) is 24.8 Å². The van der Waals surface area contributed by atoms with Gasteiger partial charge in [-0.1, -0.05) is 18.7 Å². The van der Waals surface area contributed by atoms with Crippen LogP contribution in [-0.2, 0) is 13.0 Å². The van der Waals surface area contributed by atoms with E-state index in [1.54, 1.807) is 6.08 Å². The lowest BCUT2D eigenvalue weighted by molar-refractivity contribution is -0.0294. The van der Waals surface area contributed by atoms with Crippen molar-refractivity contribution >= 4 is 12.2 Å². The van der Waals surface area contributed by atoms with E-state index in [4.69, 9.17) is 0 Å². The molecule has 0 amide bonds. The Kier molecular flexibility index (Phi) is 4.14. The van der Waals surface area contributed by atoms with Crippen LogP contribution in [0.15, 0.2) is 12.7 Å². The van der Waals surface area contributed by atoms with Gasteiger partial charge in [0.2, 0.25) is 0 Å². The Labute approximate surface area is 118 Å². The summed E-state index contributed by atoms with van der Waals surface area (Å²) in [6.45, 7) is 9.06. The van der Waals surface area contributed by atoms with Crippen molar-refractivity contribution in [2.24, 2.45) is 0 Å². The number of alkyl halides is 2. The zero-order chi connectivity index (χ0) is 14.9. The number of nitrogens with zero attached hydrogens (tertiary/aromatic N) is 1. The highest BCUT2D eigenvalue weighted by molar-refractivity contribution is 5.41. The predicted octanol–water partition coefficient (Wildman–Crippen LogP) is 2.18. The van der Waals surface area contributed by atoms with E-state index >= 15 is 0 Å². The van der Waals surface area contributed by atoms with Crippen molar-refractivity contribution < 1.29 is 8.78 Å². The normalized spacial score (nSPS) is 22.1. The van der Waals surface area contributed by atoms with Gasteiger partial charge in [0.05, 0.1) is 6.54 Å². The fourth-order valence-corrected chi connectivity index (χ4v) is 2.93. The second-order valence-electron chi connectivity index (χ2n) is 5.63. The molecule has 0 saturated carbocycles. The average Bonchev–Trinajstić information content (AvgIpc) is 2.65. The number of rotatable bonds is 3. The van der Waals surface area contributed by atoms with Crippen LogP contribution in [0.5, 0.6) is 0 Å². The van der Waals surface area contributed by atoms with Crippen LogP contribution in [0, 0.1) is 0 Å². The zero-order valence-electron chi connectivity index (χ0n) is 12.3. The molecule has 0 aromatic carbocycles. The van der Waals surface area contributed by atoms with Gasteiger partial charge in [0, 0.05) is 30.6 Å². The Hall–Kier alpha value is -1.42. The SMILES string of the molecule is C=C/C=c1/[nH]c2c(/c1=C/C)CC(C)N(CC(C)(F)F)C2. The molecular formula is C16H22F2N2. The summed E-state index contributed by atoms with van der Waals surface area (Å²) in [5, 5.41) is 2.19. The first kappa shape index (κ1) is 15.0. The lowest BCUT2D eigenvalue weighted by Crippen LogP contribution is -2.44. The molecule has 2 nitrogen and oxygen atoms in total. The largest absolute Gasteiger partial charge is 0.357 e. The van der Waals surface area contributed by atoms with Gasteiger partial charge in [-0.3, -0.25) is 4.90 Å². The van der Waals surface area contributed by atoms with Crippen molar-refractivity contribution in [3.05, 3.63) is 34.5 Å². The Balaban J connectivity index is 2.40. The van der Waals surface area contributed by atoms with Crippen LogP contribution in [0.4, 0.5) is 8.78 Å². The fraction of sp³-hybridized carbons (Fsp3) is 0.500. The van der Waals surface area contributed by atoms with Gasteiger partial charge in [0.25, 0.3) is 5.92 Å². The molecule has 1 N–H and O–H groups in total. The molecule has 1 aromatic heterocycles. The van der Waals surface area contributed by atoms with Crippen LogP contribution < -0.4 is 10.6 Å². The van der Waals surface area contributed by atoms with Crippen molar-refractivity contribution in [1.29, 1.82) is 0 Å². The van der Waals surface area contributed by atoms with Gasteiger partial charge >= 0.3 is 0 Å². The van der Waals surface area contributed by atoms with E-state index in [0.717, 1.165) is 24.4 Å². The van der Waals surface area contributed by atoms with Crippen LogP contribution in [0.3, 0.4) is 0 Å². The van der Waals surface area contributed by atoms with Crippen LogP contribution in [0.1, 0.15) is 32.0 Å². The number of halogens is 2. The molecule has 110 valence electrons. The van der Waals surface area contributed by atoms with E-state index in [1.165, 1.54) is 10.8 Å². The third kappa shape index (κ3) is 3.01. The molecular weight excluding hydrogens is 258 g/mol. The van der Waals surface area contributed by atoms with E-state index in [9.17, 15) is 8.78 Å². The highest BCUT2D eigenvalue weighted by Crippen LogP contribution is 2.23. The average molecular weight is 280 g/mol. The maximum Gasteiger partial charge on any atom is 0.257 e. The number of hydrogen-bond donors (Lipinski definition) is 1. The molecule has 1 aliphatic heterocycles. The maximum atomic E-state index is 13.3. The topological polar surface area (TPSA) is 19.0 Å². The number of nitrogens with one attached hydrogen (secondary N) is 1. The third-order valence-electron chi connectivity index (χ3n) is 3.80. The van der Waals surface area contributed by atoms with Crippen LogP contribution >= 0.6 is 0 Å². The predicted molar refractivity (Wildman–Crippen MR) is 79.0 cm³/mol. The van der Waals surface area contributed by atoms with Gasteiger partial charge in [-0.25, -0.2) is 8.78 Å². The summed E-state index contributed by atoms with van der Waals surface area (Å²) in [5.74, 6) is -2.66. The minimum atomic E-state index is -2.66. The number of H-pyrrole nitrogens is 1. The summed E-state index contributed by atoms with van der Waals surface area (Å²) in [4.78, 5) is 5.19. The number of aromatic nitrogens is 1. The molecule has 0 bridgehead atoms. The van der Waals surface area contributed by atoms with Crippen molar-refractivity contribution in [2.75, 3.05) is 6.54 Å². The molecule has 2 rings (SSSR count). The Bertz CT molecular complexity index is 608. The molecule has 0 radical (unpaired) electrons. The van der Waals surface area contributed by atoms with Gasteiger partial charge in [-0.15, -0.1) is 0 Å². The molecule has 0 saturated heterocycles. The van der Waals surface area contributed by atoms with Crippen LogP contribution in [0.2, 0.25) is 0 Å². The molecule has 1 aromatic rings. The third-order valence-corrected chi connectivity index (χ3v) is 3.80. The number of allylic oxidation sites excluding steroid dienone is 1. The van der Waals surface area contributed by atoms with E-state index in [0.29, 0.717) is 6.54 Å². The van der Waals surface area contributed by atoms with Crippen molar-refractivity contribution in [3.8, 4) is 0 Å². The molecule has 0 aliphatic carbocycles. The zero-order valence-corrected chi connectivity index (χ0v) is 12.3. The first-order valence-electron chi connectivity index (χ1n) is 6.96. The molecule has 1 atom stereocenters. The summed E-state index contributed by atoms with van der Waals surface area (Å²) in [7, 11) is 0. The Morgan fingerprint density at radius 2 is 2.20 bits per heavy atom. The number of aromatic amines is 1. The lowest BCUT2D eigenvalue weighted by atomic mass is 9.98. The Morgan fingerprint density at radius 1 is 1.50 bits per heavy atom. The lowest BCUT2D eigenvalue weighted by Gasteiger charge is -2.34. The maximum absolute atomic E-state index is 13.3. The van der Waals surface area contributed by atoms with Gasteiger partial charge in [0.1, 0.15) is 0 Å². The highest BCUT2D eigenvalue weighted by Gasteiger charge is 2.32. The molecule has 0 fully saturated rings. The van der Waals surface area contributed by atoms with E-state index in [-0.39, 0.29) is 12.6 Å². The second kappa shape index (κ2) is 5.52. The second-order valence-corrected chi connectivity index (χ2v) is 5.63. The van der Waals surface area contributed by atoms with Gasteiger partial charge in [0.15, 0.2) is 0 Å². The van der Waals surface area contributed by atoms with Crippen molar-refractivity contribution in [3.63, 3.8) is 0 Å². The van der Waals surface area contributed by atoms with Crippen LogP contribution in [-0.4, -0.2) is 28.4 Å². The minimum absolute atomic E-state index is 0.124. The molecule has 0 spiro atoms. The van der Waals surface area contributed by atoms with Crippen molar-refractivity contribution in [2.45, 2.75) is 45.7 Å². The first-order valence-corrected chi connectivity index (χ1v) is 6.96. The summed E-state index contributed by atoms with van der Waals surface area (Å²) >= 11 is 0. The molecule has 2 heterocycles. The molecule has 1 aliphatic rings. The summed E-state index contributed by atoms with van der Waals surface area (Å²) < 4.78 is 26.5. The number of fused-ring (bicyclic) bond motifs is 1. The monoisotopic (exact) mass is 280 g/mol. The standard InChI is InChI=1S/C16H22F2N2/c1-5-7-14-12(6-2)13-8-11(3)20(9-15(13)19-14)10-16(4,17)18/h5-7,11,19H,1,8-10H2,2-4H3/b12-6-,14-7+. The van der Waals surface area contributed by atoms with Gasteiger partial charge in [-0.05, 0) is 37.1 Å². The highest BCUT2D eigenvalue weighted by atomic mass is 19.3. The first-order chi connectivity index (χ1) is 9.35. The van der Waals surface area contributed by atoms with E-state index < -0.39 is 5.92 Å². The van der Waals surface area contributed by atoms with E-state index in [2.05, 4.69) is 17.6 Å². The minimum Gasteiger partial charge on any atom is -0.357 e. The summed E-state index contributed by atoms with van der Waals surface area (Å²) in [5.41, 5.74) is 2.30. The summed E-state index contributed by atoms with van der Waals surface area (Å²) in [6.07, 6.45) is 6.54. The fourth-order valence-electron chi connectivity index (χ4n) is 2.93. The van der Waals surface area contributed by atoms with Gasteiger partial charge < -0.3 is 4.98 Å². The molecule has 1 unspecified atom stereocenters. The molecule has 4 heteroatoms. The Morgan fingerprint density at radius 3 is 2.75 bits per heavy atom. The smallest absolute Gasteiger partial charge is 0.257 e.